The van der Waals surface area contributed by atoms with Gasteiger partial charge in [-0.15, -0.1) is 0 Å². The zero-order valence-electron chi connectivity index (χ0n) is 11.3. The first-order valence-electron chi connectivity index (χ1n) is 6.55. The van der Waals surface area contributed by atoms with Crippen molar-refractivity contribution in [1.82, 2.24) is 9.97 Å². The van der Waals surface area contributed by atoms with E-state index in [1.807, 2.05) is 25.1 Å². The van der Waals surface area contributed by atoms with Crippen LogP contribution in [0.25, 0.3) is 0 Å². The molecule has 6 nitrogen and oxygen atoms in total. The number of carbonyl (C=O) groups is 1. The maximum absolute atomic E-state index is 10.9. The van der Waals surface area contributed by atoms with Gasteiger partial charge in [0.25, 0.3) is 0 Å². The summed E-state index contributed by atoms with van der Waals surface area (Å²) in [6.45, 7) is 0. The Morgan fingerprint density at radius 1 is 1.32 bits per heavy atom. The maximum Gasteiger partial charge on any atom is 0.306 e. The van der Waals surface area contributed by atoms with E-state index >= 15 is 0 Å². The van der Waals surface area contributed by atoms with Crippen LogP contribution in [0, 0.1) is 5.92 Å². The lowest BCUT2D eigenvalue weighted by Crippen LogP contribution is -2.29. The van der Waals surface area contributed by atoms with E-state index in [4.69, 9.17) is 5.11 Å². The van der Waals surface area contributed by atoms with Crippen molar-refractivity contribution in [2.24, 2.45) is 5.92 Å². The molecule has 1 aliphatic carbocycles. The number of nitrogens with zero attached hydrogens (tertiary/aromatic N) is 3. The molecule has 1 fully saturated rings. The van der Waals surface area contributed by atoms with Crippen LogP contribution in [0.4, 0.5) is 11.6 Å². The van der Waals surface area contributed by atoms with Crippen molar-refractivity contribution in [3.8, 4) is 0 Å². The Bertz CT molecular complexity index is 442. The van der Waals surface area contributed by atoms with E-state index in [9.17, 15) is 4.79 Å². The third-order valence-electron chi connectivity index (χ3n) is 3.54. The summed E-state index contributed by atoms with van der Waals surface area (Å²) in [6.07, 6.45) is 4.76. The van der Waals surface area contributed by atoms with Crippen molar-refractivity contribution in [2.45, 2.75) is 31.7 Å². The number of nitrogens with one attached hydrogen (secondary N) is 1. The van der Waals surface area contributed by atoms with Gasteiger partial charge in [-0.1, -0.05) is 0 Å². The fourth-order valence-electron chi connectivity index (χ4n) is 2.36. The van der Waals surface area contributed by atoms with E-state index < -0.39 is 5.97 Å². The first-order valence-corrected chi connectivity index (χ1v) is 6.55. The van der Waals surface area contributed by atoms with Gasteiger partial charge in [0.2, 0.25) is 0 Å². The normalized spacial score (nSPS) is 22.8. The highest BCUT2D eigenvalue weighted by atomic mass is 16.4. The van der Waals surface area contributed by atoms with Gasteiger partial charge in [0.05, 0.1) is 5.92 Å². The van der Waals surface area contributed by atoms with Gasteiger partial charge in [-0.05, 0) is 25.7 Å². The Labute approximate surface area is 112 Å². The summed E-state index contributed by atoms with van der Waals surface area (Å²) in [5, 5.41) is 12.3. The number of anilines is 2. The van der Waals surface area contributed by atoms with Crippen molar-refractivity contribution in [3.05, 3.63) is 12.4 Å². The summed E-state index contributed by atoms with van der Waals surface area (Å²) in [5.74, 6) is 0.811. The molecule has 0 aromatic carbocycles. The van der Waals surface area contributed by atoms with Crippen molar-refractivity contribution >= 4 is 17.6 Å². The molecule has 0 unspecified atom stereocenters. The molecule has 0 spiro atoms. The van der Waals surface area contributed by atoms with Gasteiger partial charge in [0.15, 0.2) is 0 Å². The molecule has 1 saturated carbocycles. The van der Waals surface area contributed by atoms with Crippen molar-refractivity contribution in [2.75, 3.05) is 24.3 Å². The average molecular weight is 264 g/mol. The monoisotopic (exact) mass is 264 g/mol. The molecule has 0 aliphatic heterocycles. The Kier molecular flexibility index (Phi) is 4.19. The van der Waals surface area contributed by atoms with Crippen LogP contribution in [0.2, 0.25) is 0 Å². The molecule has 1 aromatic rings. The zero-order chi connectivity index (χ0) is 13.8. The van der Waals surface area contributed by atoms with Gasteiger partial charge < -0.3 is 15.3 Å². The van der Waals surface area contributed by atoms with E-state index in [-0.39, 0.29) is 5.92 Å². The molecule has 2 rings (SSSR count). The summed E-state index contributed by atoms with van der Waals surface area (Å²) in [4.78, 5) is 21.2. The second kappa shape index (κ2) is 5.86. The predicted octanol–water partition coefficient (Wildman–Crippen LogP) is 1.60. The van der Waals surface area contributed by atoms with Gasteiger partial charge in [0, 0.05) is 26.2 Å². The van der Waals surface area contributed by atoms with Crippen LogP contribution in [-0.4, -0.2) is 41.2 Å². The predicted molar refractivity (Wildman–Crippen MR) is 73.4 cm³/mol. The third kappa shape index (κ3) is 3.56. The smallest absolute Gasteiger partial charge is 0.306 e. The van der Waals surface area contributed by atoms with E-state index in [0.717, 1.165) is 37.3 Å². The number of carboxylic acid groups (broad SMARTS) is 1. The molecule has 0 bridgehead atoms. The minimum atomic E-state index is -0.671. The van der Waals surface area contributed by atoms with Gasteiger partial charge in [-0.25, -0.2) is 9.97 Å². The van der Waals surface area contributed by atoms with Crippen LogP contribution >= 0.6 is 0 Å². The number of aliphatic carboxylic acids is 1. The lowest BCUT2D eigenvalue weighted by atomic mass is 9.86. The highest BCUT2D eigenvalue weighted by molar-refractivity contribution is 5.70. The van der Waals surface area contributed by atoms with Gasteiger partial charge in [-0.3, -0.25) is 4.79 Å². The third-order valence-corrected chi connectivity index (χ3v) is 3.54. The second-order valence-electron chi connectivity index (χ2n) is 5.19. The largest absolute Gasteiger partial charge is 0.481 e. The average Bonchev–Trinajstić information content (AvgIpc) is 2.39. The second-order valence-corrected chi connectivity index (χ2v) is 5.19. The molecule has 104 valence electrons. The van der Waals surface area contributed by atoms with Gasteiger partial charge in [-0.2, -0.15) is 0 Å². The lowest BCUT2D eigenvalue weighted by Gasteiger charge is -2.27. The molecule has 1 heterocycles. The molecule has 6 heteroatoms. The van der Waals surface area contributed by atoms with Crippen LogP contribution in [0.5, 0.6) is 0 Å². The Hall–Kier alpha value is -1.85. The molecule has 0 amide bonds. The van der Waals surface area contributed by atoms with Gasteiger partial charge in [0.1, 0.15) is 18.0 Å². The van der Waals surface area contributed by atoms with Crippen LogP contribution in [0.15, 0.2) is 12.4 Å². The highest BCUT2D eigenvalue weighted by Gasteiger charge is 2.25. The molecular weight excluding hydrogens is 244 g/mol. The number of aromatic nitrogens is 2. The van der Waals surface area contributed by atoms with Crippen molar-refractivity contribution < 1.29 is 9.90 Å². The molecule has 1 aromatic heterocycles. The summed E-state index contributed by atoms with van der Waals surface area (Å²) in [7, 11) is 3.87. The van der Waals surface area contributed by atoms with E-state index in [0.29, 0.717) is 6.04 Å². The minimum Gasteiger partial charge on any atom is -0.481 e. The molecule has 0 radical (unpaired) electrons. The summed E-state index contributed by atoms with van der Waals surface area (Å²) in [5.41, 5.74) is 0. The Morgan fingerprint density at radius 2 is 2.00 bits per heavy atom. The maximum atomic E-state index is 10.9. The van der Waals surface area contributed by atoms with Crippen LogP contribution in [0.3, 0.4) is 0 Å². The van der Waals surface area contributed by atoms with E-state index in [2.05, 4.69) is 15.3 Å². The minimum absolute atomic E-state index is 0.180. The number of hydrogen-bond acceptors (Lipinski definition) is 5. The number of hydrogen-bond donors (Lipinski definition) is 2. The van der Waals surface area contributed by atoms with E-state index in [1.165, 1.54) is 0 Å². The van der Waals surface area contributed by atoms with E-state index in [1.54, 1.807) is 6.33 Å². The summed E-state index contributed by atoms with van der Waals surface area (Å²) < 4.78 is 0. The Morgan fingerprint density at radius 3 is 2.58 bits per heavy atom. The fourth-order valence-corrected chi connectivity index (χ4v) is 2.36. The fraction of sp³-hybridized carbons (Fsp3) is 0.615. The number of carboxylic acids is 1. The molecule has 0 saturated heterocycles. The summed E-state index contributed by atoms with van der Waals surface area (Å²) >= 11 is 0. The molecule has 2 N–H and O–H groups in total. The standard InChI is InChI=1S/C13H20N4O2/c1-17(2)12-7-11(14-8-15-12)16-10-5-3-9(4-6-10)13(18)19/h7-10H,3-6H2,1-2H3,(H,18,19)(H,14,15,16). The topological polar surface area (TPSA) is 78.4 Å². The molecular formula is C13H20N4O2. The van der Waals surface area contributed by atoms with Crippen LogP contribution in [0.1, 0.15) is 25.7 Å². The molecule has 1 aliphatic rings. The molecule has 0 atom stereocenters. The van der Waals surface area contributed by atoms with Crippen molar-refractivity contribution in [3.63, 3.8) is 0 Å². The number of rotatable bonds is 4. The first-order chi connectivity index (χ1) is 9.06. The van der Waals surface area contributed by atoms with Gasteiger partial charge >= 0.3 is 5.97 Å². The zero-order valence-corrected chi connectivity index (χ0v) is 11.3. The van der Waals surface area contributed by atoms with Crippen LogP contribution < -0.4 is 10.2 Å². The Balaban J connectivity index is 1.92. The summed E-state index contributed by atoms with van der Waals surface area (Å²) in [6, 6.07) is 2.21. The lowest BCUT2D eigenvalue weighted by molar-refractivity contribution is -0.142. The first kappa shape index (κ1) is 13.6. The van der Waals surface area contributed by atoms with Crippen LogP contribution in [-0.2, 0) is 4.79 Å². The van der Waals surface area contributed by atoms with Crippen molar-refractivity contribution in [1.29, 1.82) is 0 Å². The highest BCUT2D eigenvalue weighted by Crippen LogP contribution is 2.26. The molecule has 19 heavy (non-hydrogen) atoms. The SMILES string of the molecule is CN(C)c1cc(NC2CCC(C(=O)O)CC2)ncn1. The quantitative estimate of drug-likeness (QED) is 0.860.